The van der Waals surface area contributed by atoms with Gasteiger partial charge in [-0.1, -0.05) is 13.3 Å². The Hall–Kier alpha value is -2.02. The lowest BCUT2D eigenvalue weighted by Crippen LogP contribution is -2.22. The Morgan fingerprint density at radius 1 is 1.47 bits per heavy atom. The zero-order valence-electron chi connectivity index (χ0n) is 9.81. The summed E-state index contributed by atoms with van der Waals surface area (Å²) < 4.78 is 0. The summed E-state index contributed by atoms with van der Waals surface area (Å²) in [6.45, 7) is 2.02. The Kier molecular flexibility index (Phi) is 5.02. The van der Waals surface area contributed by atoms with Crippen molar-refractivity contribution in [2.24, 2.45) is 0 Å². The molecule has 0 aliphatic heterocycles. The molecule has 0 aliphatic carbocycles. The summed E-state index contributed by atoms with van der Waals surface area (Å²) in [6.07, 6.45) is 1.85. The summed E-state index contributed by atoms with van der Waals surface area (Å²) in [5.74, 6) is -0.801. The Bertz CT molecular complexity index is 406. The summed E-state index contributed by atoms with van der Waals surface area (Å²) in [7, 11) is 0. The number of aliphatic carboxylic acids is 1. The maximum absolute atomic E-state index is 10.7. The second-order valence-electron chi connectivity index (χ2n) is 3.92. The van der Waals surface area contributed by atoms with E-state index in [1.54, 1.807) is 24.3 Å². The first-order valence-corrected chi connectivity index (χ1v) is 5.64. The van der Waals surface area contributed by atoms with Gasteiger partial charge >= 0.3 is 5.97 Å². The lowest BCUT2D eigenvalue weighted by molar-refractivity contribution is -0.137. The lowest BCUT2D eigenvalue weighted by atomic mass is 10.1. The van der Waals surface area contributed by atoms with Gasteiger partial charge in [0.05, 0.1) is 18.1 Å². The molecular formula is C13H16N2O2. The Balaban J connectivity index is 2.65. The molecule has 4 nitrogen and oxygen atoms in total. The third kappa shape index (κ3) is 4.56. The monoisotopic (exact) mass is 232 g/mol. The Labute approximate surface area is 101 Å². The lowest BCUT2D eigenvalue weighted by Gasteiger charge is -2.17. The number of nitriles is 1. The summed E-state index contributed by atoms with van der Waals surface area (Å²) in [6, 6.07) is 9.00. The molecule has 0 saturated heterocycles. The van der Waals surface area contributed by atoms with Gasteiger partial charge in [0.25, 0.3) is 0 Å². The third-order valence-corrected chi connectivity index (χ3v) is 2.44. The van der Waals surface area contributed by atoms with Gasteiger partial charge in [0, 0.05) is 11.7 Å². The fraction of sp³-hybridized carbons (Fsp3) is 0.385. The van der Waals surface area contributed by atoms with Crippen molar-refractivity contribution < 1.29 is 9.90 Å². The minimum atomic E-state index is -0.801. The van der Waals surface area contributed by atoms with Crippen LogP contribution in [0.25, 0.3) is 0 Å². The summed E-state index contributed by atoms with van der Waals surface area (Å²) >= 11 is 0. The molecular weight excluding hydrogens is 216 g/mol. The van der Waals surface area contributed by atoms with E-state index in [1.165, 1.54) is 0 Å². The predicted octanol–water partition coefficient (Wildman–Crippen LogP) is 2.61. The van der Waals surface area contributed by atoms with E-state index in [4.69, 9.17) is 10.4 Å². The van der Waals surface area contributed by atoms with Crippen molar-refractivity contribution in [3.8, 4) is 6.07 Å². The normalized spacial score (nSPS) is 11.5. The van der Waals surface area contributed by atoms with Crippen molar-refractivity contribution >= 4 is 11.7 Å². The van der Waals surface area contributed by atoms with Gasteiger partial charge in [-0.25, -0.2) is 0 Å². The van der Waals surface area contributed by atoms with E-state index in [2.05, 4.69) is 5.32 Å². The number of carboxylic acid groups (broad SMARTS) is 1. The SMILES string of the molecule is CCCC(CC(=O)O)Nc1ccc(C#N)cc1. The highest BCUT2D eigenvalue weighted by Gasteiger charge is 2.11. The number of hydrogen-bond acceptors (Lipinski definition) is 3. The highest BCUT2D eigenvalue weighted by atomic mass is 16.4. The van der Waals surface area contributed by atoms with Crippen LogP contribution in [0.2, 0.25) is 0 Å². The highest BCUT2D eigenvalue weighted by molar-refractivity contribution is 5.68. The van der Waals surface area contributed by atoms with Gasteiger partial charge in [-0.05, 0) is 30.7 Å². The molecule has 1 unspecified atom stereocenters. The van der Waals surface area contributed by atoms with Crippen molar-refractivity contribution in [3.05, 3.63) is 29.8 Å². The topological polar surface area (TPSA) is 73.1 Å². The van der Waals surface area contributed by atoms with Gasteiger partial charge in [-0.2, -0.15) is 5.26 Å². The fourth-order valence-corrected chi connectivity index (χ4v) is 1.66. The fourth-order valence-electron chi connectivity index (χ4n) is 1.66. The van der Waals surface area contributed by atoms with Crippen LogP contribution in [0.1, 0.15) is 31.7 Å². The first-order valence-electron chi connectivity index (χ1n) is 5.64. The van der Waals surface area contributed by atoms with Crippen molar-refractivity contribution in [3.63, 3.8) is 0 Å². The van der Waals surface area contributed by atoms with Gasteiger partial charge < -0.3 is 10.4 Å². The average molecular weight is 232 g/mol. The van der Waals surface area contributed by atoms with Crippen LogP contribution in [0.3, 0.4) is 0 Å². The molecule has 0 radical (unpaired) electrons. The van der Waals surface area contributed by atoms with Crippen LogP contribution in [-0.4, -0.2) is 17.1 Å². The van der Waals surface area contributed by atoms with Gasteiger partial charge in [0.2, 0.25) is 0 Å². The predicted molar refractivity (Wildman–Crippen MR) is 65.7 cm³/mol. The van der Waals surface area contributed by atoms with E-state index >= 15 is 0 Å². The molecule has 2 N–H and O–H groups in total. The summed E-state index contributed by atoms with van der Waals surface area (Å²) in [5.41, 5.74) is 1.45. The van der Waals surface area contributed by atoms with Crippen LogP contribution >= 0.6 is 0 Å². The van der Waals surface area contributed by atoms with Crippen LogP contribution in [0.4, 0.5) is 5.69 Å². The molecule has 0 heterocycles. The smallest absolute Gasteiger partial charge is 0.305 e. The minimum Gasteiger partial charge on any atom is -0.481 e. The van der Waals surface area contributed by atoms with E-state index in [0.717, 1.165) is 18.5 Å². The average Bonchev–Trinajstić information content (AvgIpc) is 2.29. The van der Waals surface area contributed by atoms with Crippen LogP contribution in [0.5, 0.6) is 0 Å². The first kappa shape index (κ1) is 13.0. The van der Waals surface area contributed by atoms with Gasteiger partial charge in [-0.15, -0.1) is 0 Å². The van der Waals surface area contributed by atoms with Gasteiger partial charge in [0.15, 0.2) is 0 Å². The first-order chi connectivity index (χ1) is 8.15. The number of carbonyl (C=O) groups is 1. The molecule has 4 heteroatoms. The molecule has 0 spiro atoms. The zero-order chi connectivity index (χ0) is 12.7. The molecule has 1 atom stereocenters. The molecule has 90 valence electrons. The van der Waals surface area contributed by atoms with Crippen LogP contribution in [-0.2, 0) is 4.79 Å². The van der Waals surface area contributed by atoms with Crippen LogP contribution in [0.15, 0.2) is 24.3 Å². The van der Waals surface area contributed by atoms with Crippen molar-refractivity contribution in [2.75, 3.05) is 5.32 Å². The van der Waals surface area contributed by atoms with E-state index < -0.39 is 5.97 Å². The van der Waals surface area contributed by atoms with Crippen molar-refractivity contribution in [2.45, 2.75) is 32.2 Å². The quantitative estimate of drug-likeness (QED) is 0.790. The van der Waals surface area contributed by atoms with Gasteiger partial charge in [-0.3, -0.25) is 4.79 Å². The van der Waals surface area contributed by atoms with Gasteiger partial charge in [0.1, 0.15) is 0 Å². The number of nitrogens with zero attached hydrogens (tertiary/aromatic N) is 1. The Morgan fingerprint density at radius 2 is 2.12 bits per heavy atom. The number of benzene rings is 1. The maximum Gasteiger partial charge on any atom is 0.305 e. The number of hydrogen-bond donors (Lipinski definition) is 2. The third-order valence-electron chi connectivity index (χ3n) is 2.44. The molecule has 0 saturated carbocycles. The Morgan fingerprint density at radius 3 is 2.59 bits per heavy atom. The van der Waals surface area contributed by atoms with Crippen LogP contribution < -0.4 is 5.32 Å². The maximum atomic E-state index is 10.7. The summed E-state index contributed by atoms with van der Waals surface area (Å²) in [4.78, 5) is 10.7. The molecule has 0 bridgehead atoms. The zero-order valence-corrected chi connectivity index (χ0v) is 9.81. The largest absolute Gasteiger partial charge is 0.481 e. The number of anilines is 1. The second kappa shape index (κ2) is 6.54. The molecule has 0 aliphatic rings. The van der Waals surface area contributed by atoms with Crippen LogP contribution in [0, 0.1) is 11.3 Å². The standard InChI is InChI=1S/C13H16N2O2/c1-2-3-12(8-13(16)17)15-11-6-4-10(9-14)5-7-11/h4-7,12,15H,2-3,8H2,1H3,(H,16,17). The van der Waals surface area contributed by atoms with E-state index in [9.17, 15) is 4.79 Å². The molecule has 17 heavy (non-hydrogen) atoms. The molecule has 1 rings (SSSR count). The number of carboxylic acids is 1. The molecule has 0 amide bonds. The summed E-state index contributed by atoms with van der Waals surface area (Å²) in [5, 5.41) is 20.6. The van der Waals surface area contributed by atoms with E-state index in [0.29, 0.717) is 5.56 Å². The molecule has 0 fully saturated rings. The second-order valence-corrected chi connectivity index (χ2v) is 3.92. The number of nitrogens with one attached hydrogen (secondary N) is 1. The van der Waals surface area contributed by atoms with E-state index in [1.807, 2.05) is 13.0 Å². The highest BCUT2D eigenvalue weighted by Crippen LogP contribution is 2.14. The minimum absolute atomic E-state index is 0.0644. The molecule has 1 aromatic rings. The number of rotatable bonds is 6. The van der Waals surface area contributed by atoms with E-state index in [-0.39, 0.29) is 12.5 Å². The van der Waals surface area contributed by atoms with Crippen molar-refractivity contribution in [1.29, 1.82) is 5.26 Å². The van der Waals surface area contributed by atoms with Crippen molar-refractivity contribution in [1.82, 2.24) is 0 Å². The molecule has 1 aromatic carbocycles. The molecule has 0 aromatic heterocycles.